The van der Waals surface area contributed by atoms with Crippen LogP contribution in [-0.2, 0) is 0 Å². The van der Waals surface area contributed by atoms with E-state index in [4.69, 9.17) is 10.5 Å². The van der Waals surface area contributed by atoms with E-state index in [1.165, 1.54) is 6.33 Å². The number of anilines is 2. The summed E-state index contributed by atoms with van der Waals surface area (Å²) in [5, 5.41) is 3.43. The maximum absolute atomic E-state index is 6.06. The van der Waals surface area contributed by atoms with E-state index >= 15 is 0 Å². The maximum Gasteiger partial charge on any atom is 0.242 e. The summed E-state index contributed by atoms with van der Waals surface area (Å²) in [4.78, 5) is 8.31. The highest BCUT2D eigenvalue weighted by atomic mass is 16.5. The van der Waals surface area contributed by atoms with E-state index in [0.717, 1.165) is 6.42 Å². The van der Waals surface area contributed by atoms with Crippen LogP contribution in [0.25, 0.3) is 0 Å². The van der Waals surface area contributed by atoms with Crippen molar-refractivity contribution in [2.45, 2.75) is 47.1 Å². The number of nitrogens with zero attached hydrogens (tertiary/aromatic N) is 2. The minimum absolute atomic E-state index is 0.231. The Balaban J connectivity index is 2.14. The van der Waals surface area contributed by atoms with Gasteiger partial charge in [0.2, 0.25) is 5.88 Å². The van der Waals surface area contributed by atoms with E-state index in [2.05, 4.69) is 43.0 Å². The number of nitrogen functional groups attached to an aromatic ring is 1. The Bertz CT molecular complexity index is 457. The molecule has 1 saturated carbocycles. The van der Waals surface area contributed by atoms with Crippen LogP contribution in [0.3, 0.4) is 0 Å². The largest absolute Gasteiger partial charge is 0.476 e. The zero-order chi connectivity index (χ0) is 14.3. The van der Waals surface area contributed by atoms with Crippen molar-refractivity contribution in [3.8, 4) is 5.88 Å². The third-order valence-corrected chi connectivity index (χ3v) is 4.59. The van der Waals surface area contributed by atoms with Gasteiger partial charge in [0.05, 0.1) is 6.61 Å². The van der Waals surface area contributed by atoms with Crippen LogP contribution in [0.15, 0.2) is 6.33 Å². The molecule has 0 saturated heterocycles. The van der Waals surface area contributed by atoms with Crippen molar-refractivity contribution in [2.75, 3.05) is 17.7 Å². The molecule has 1 aliphatic carbocycles. The third-order valence-electron chi connectivity index (χ3n) is 4.59. The topological polar surface area (TPSA) is 73.1 Å². The lowest BCUT2D eigenvalue weighted by molar-refractivity contribution is 0.306. The van der Waals surface area contributed by atoms with Gasteiger partial charge in [-0.05, 0) is 17.3 Å². The Morgan fingerprint density at radius 2 is 1.89 bits per heavy atom. The van der Waals surface area contributed by atoms with E-state index in [1.807, 2.05) is 6.92 Å². The average molecular weight is 264 g/mol. The molecule has 0 radical (unpaired) electrons. The van der Waals surface area contributed by atoms with Crippen LogP contribution in [0.2, 0.25) is 0 Å². The summed E-state index contributed by atoms with van der Waals surface area (Å²) in [5.74, 6) is 1.14. The Kier molecular flexibility index (Phi) is 3.32. The molecule has 3 N–H and O–H groups in total. The van der Waals surface area contributed by atoms with Gasteiger partial charge in [0.25, 0.3) is 0 Å². The number of nitrogens with one attached hydrogen (secondary N) is 1. The quantitative estimate of drug-likeness (QED) is 0.855. The highest BCUT2D eigenvalue weighted by Crippen LogP contribution is 2.63. The van der Waals surface area contributed by atoms with Crippen molar-refractivity contribution in [2.24, 2.45) is 10.8 Å². The van der Waals surface area contributed by atoms with Gasteiger partial charge in [-0.3, -0.25) is 0 Å². The van der Waals surface area contributed by atoms with Gasteiger partial charge in [-0.25, -0.2) is 4.98 Å². The Labute approximate surface area is 115 Å². The molecule has 0 atom stereocenters. The molecule has 1 aromatic heterocycles. The van der Waals surface area contributed by atoms with Gasteiger partial charge in [0, 0.05) is 6.04 Å². The van der Waals surface area contributed by atoms with E-state index in [1.54, 1.807) is 0 Å². The van der Waals surface area contributed by atoms with Crippen molar-refractivity contribution < 1.29 is 4.74 Å². The second-order valence-electron chi connectivity index (χ2n) is 6.31. The Morgan fingerprint density at radius 1 is 1.26 bits per heavy atom. The van der Waals surface area contributed by atoms with E-state index in [-0.39, 0.29) is 10.8 Å². The summed E-state index contributed by atoms with van der Waals surface area (Å²) in [6, 6.07) is 0.358. The molecule has 0 bridgehead atoms. The van der Waals surface area contributed by atoms with Gasteiger partial charge >= 0.3 is 0 Å². The van der Waals surface area contributed by atoms with E-state index in [9.17, 15) is 0 Å². The van der Waals surface area contributed by atoms with Crippen molar-refractivity contribution in [3.05, 3.63) is 6.33 Å². The van der Waals surface area contributed by atoms with Gasteiger partial charge in [-0.2, -0.15) is 4.98 Å². The molecular formula is C14H24N4O. The standard InChI is InChI=1S/C14H24N4O/c1-6-7-19-11-9(15)10(16-8-17-11)18-12-13(2,3)14(12,4)5/h8,12H,6-7,15H2,1-5H3,(H,16,17,18). The van der Waals surface area contributed by atoms with Crippen LogP contribution in [0.4, 0.5) is 11.5 Å². The molecule has 0 spiro atoms. The average Bonchev–Trinajstić information content (AvgIpc) is 2.72. The Morgan fingerprint density at radius 3 is 2.42 bits per heavy atom. The van der Waals surface area contributed by atoms with Crippen molar-refractivity contribution in [1.82, 2.24) is 9.97 Å². The Hall–Kier alpha value is -1.52. The number of rotatable bonds is 5. The predicted octanol–water partition coefficient (Wildman–Crippen LogP) is 2.69. The lowest BCUT2D eigenvalue weighted by Gasteiger charge is -2.12. The van der Waals surface area contributed by atoms with Gasteiger partial charge in [-0.1, -0.05) is 34.6 Å². The summed E-state index contributed by atoms with van der Waals surface area (Å²) in [6.45, 7) is 11.6. The SMILES string of the molecule is CCCOc1ncnc(NC2C(C)(C)C2(C)C)c1N. The minimum Gasteiger partial charge on any atom is -0.476 e. The van der Waals surface area contributed by atoms with Crippen molar-refractivity contribution in [1.29, 1.82) is 0 Å². The molecule has 19 heavy (non-hydrogen) atoms. The number of hydrogen-bond donors (Lipinski definition) is 2. The summed E-state index contributed by atoms with van der Waals surface area (Å²) >= 11 is 0. The molecule has 0 aliphatic heterocycles. The van der Waals surface area contributed by atoms with E-state index < -0.39 is 0 Å². The monoisotopic (exact) mass is 264 g/mol. The lowest BCUT2D eigenvalue weighted by Crippen LogP contribution is -2.14. The minimum atomic E-state index is 0.231. The molecule has 0 aromatic carbocycles. The molecule has 1 heterocycles. The molecule has 1 aromatic rings. The maximum atomic E-state index is 6.06. The number of hydrogen-bond acceptors (Lipinski definition) is 5. The first-order valence-electron chi connectivity index (χ1n) is 6.82. The number of aromatic nitrogens is 2. The number of nitrogens with two attached hydrogens (primary N) is 1. The summed E-state index contributed by atoms with van der Waals surface area (Å²) < 4.78 is 5.52. The molecule has 5 heteroatoms. The lowest BCUT2D eigenvalue weighted by atomic mass is 10.0. The molecule has 106 valence electrons. The molecule has 0 amide bonds. The second kappa shape index (κ2) is 4.54. The van der Waals surface area contributed by atoms with Gasteiger partial charge < -0.3 is 15.8 Å². The van der Waals surface area contributed by atoms with Crippen LogP contribution in [-0.4, -0.2) is 22.6 Å². The fraction of sp³-hybridized carbons (Fsp3) is 0.714. The van der Waals surface area contributed by atoms with Crippen molar-refractivity contribution >= 4 is 11.5 Å². The van der Waals surface area contributed by atoms with Gasteiger partial charge in [-0.15, -0.1) is 0 Å². The van der Waals surface area contributed by atoms with Crippen molar-refractivity contribution in [3.63, 3.8) is 0 Å². The smallest absolute Gasteiger partial charge is 0.242 e. The summed E-state index contributed by atoms with van der Waals surface area (Å²) in [7, 11) is 0. The molecule has 0 unspecified atom stereocenters. The predicted molar refractivity (Wildman–Crippen MR) is 77.2 cm³/mol. The zero-order valence-electron chi connectivity index (χ0n) is 12.4. The highest BCUT2D eigenvalue weighted by molar-refractivity contribution is 5.67. The van der Waals surface area contributed by atoms with Crippen LogP contribution >= 0.6 is 0 Å². The first-order valence-corrected chi connectivity index (χ1v) is 6.82. The molecular weight excluding hydrogens is 240 g/mol. The number of ether oxygens (including phenoxy) is 1. The van der Waals surface area contributed by atoms with E-state index in [0.29, 0.717) is 30.0 Å². The van der Waals surface area contributed by atoms with Crippen LogP contribution < -0.4 is 15.8 Å². The first kappa shape index (κ1) is 13.9. The first-order chi connectivity index (χ1) is 8.82. The third kappa shape index (κ3) is 2.22. The summed E-state index contributed by atoms with van der Waals surface area (Å²) in [5.41, 5.74) is 7.02. The highest BCUT2D eigenvalue weighted by Gasteiger charge is 2.65. The zero-order valence-corrected chi connectivity index (χ0v) is 12.4. The van der Waals surface area contributed by atoms with Gasteiger partial charge in [0.1, 0.15) is 12.0 Å². The van der Waals surface area contributed by atoms with Crippen LogP contribution in [0.1, 0.15) is 41.0 Å². The molecule has 1 aliphatic rings. The summed E-state index contributed by atoms with van der Waals surface area (Å²) in [6.07, 6.45) is 2.42. The van der Waals surface area contributed by atoms with Gasteiger partial charge in [0.15, 0.2) is 5.82 Å². The fourth-order valence-electron chi connectivity index (χ4n) is 2.50. The normalized spacial score (nSPS) is 20.1. The van der Waals surface area contributed by atoms with Crippen LogP contribution in [0.5, 0.6) is 5.88 Å². The van der Waals surface area contributed by atoms with Crippen LogP contribution in [0, 0.1) is 10.8 Å². The second-order valence-corrected chi connectivity index (χ2v) is 6.31. The molecule has 1 fully saturated rings. The molecule has 5 nitrogen and oxygen atoms in total. The fourth-order valence-corrected chi connectivity index (χ4v) is 2.50. The molecule has 2 rings (SSSR count).